The first-order valence-electron chi connectivity index (χ1n) is 15.5. The molecule has 0 amide bonds. The molecule has 2 aromatic heterocycles. The lowest BCUT2D eigenvalue weighted by molar-refractivity contribution is -0.325. The zero-order chi connectivity index (χ0) is 32.7. The summed E-state index contributed by atoms with van der Waals surface area (Å²) in [5.74, 6) is -2.34. The lowest BCUT2D eigenvalue weighted by Gasteiger charge is -2.64. The van der Waals surface area contributed by atoms with E-state index in [9.17, 15) is 19.5 Å². The molecule has 46 heavy (non-hydrogen) atoms. The van der Waals surface area contributed by atoms with Gasteiger partial charge in [-0.3, -0.25) is 9.97 Å². The number of esters is 3. The standard InChI is InChI=1S/C36H38N2O8/c1-33(2)26-20-28(43-29(39)15-14-23-10-6-5-7-11-23)35(4)27(44-31(40)24-12-8-18-37-21-24)16-17-34(3,42)36(35,46-33)30(26)45-32(41)25-13-9-19-38-22-25/h5-15,18-19,21-22,26-28,30,42H,16-17,20H2,1-4H3/b15-14+. The van der Waals surface area contributed by atoms with E-state index in [1.807, 2.05) is 44.2 Å². The number of carbonyl (C=O) groups is 3. The normalized spacial score (nSPS) is 32.7. The van der Waals surface area contributed by atoms with Gasteiger partial charge in [0, 0.05) is 36.8 Å². The molecule has 10 nitrogen and oxygen atoms in total. The molecule has 2 saturated carbocycles. The monoisotopic (exact) mass is 626 g/mol. The Kier molecular flexibility index (Phi) is 8.06. The summed E-state index contributed by atoms with van der Waals surface area (Å²) in [6.45, 7) is 7.19. The van der Waals surface area contributed by atoms with Crippen LogP contribution in [0.5, 0.6) is 0 Å². The second-order valence-electron chi connectivity index (χ2n) is 13.3. The zero-order valence-electron chi connectivity index (χ0n) is 26.3. The first kappa shape index (κ1) is 31.6. The molecule has 1 aliphatic heterocycles. The first-order chi connectivity index (χ1) is 21.9. The van der Waals surface area contributed by atoms with Gasteiger partial charge in [0.05, 0.1) is 27.7 Å². The summed E-state index contributed by atoms with van der Waals surface area (Å²) in [5, 5.41) is 12.3. The summed E-state index contributed by atoms with van der Waals surface area (Å²) >= 11 is 0. The van der Waals surface area contributed by atoms with Crippen LogP contribution in [0, 0.1) is 11.3 Å². The third-order valence-electron chi connectivity index (χ3n) is 10.1. The topological polar surface area (TPSA) is 134 Å². The van der Waals surface area contributed by atoms with Gasteiger partial charge in [-0.2, -0.15) is 0 Å². The molecule has 2 aliphatic carbocycles. The van der Waals surface area contributed by atoms with Crippen LogP contribution in [-0.4, -0.2) is 68.1 Å². The Labute approximate surface area is 267 Å². The molecule has 1 spiro atoms. The van der Waals surface area contributed by atoms with Crippen molar-refractivity contribution in [1.82, 2.24) is 9.97 Å². The SMILES string of the molecule is CC1(C)OC23C(OC(=O)c4cccnc4)C1CC(OC(=O)/C=C/c1ccccc1)C2(C)C(OC(=O)c1cccnc1)CCC3(C)O. The van der Waals surface area contributed by atoms with E-state index in [2.05, 4.69) is 9.97 Å². The van der Waals surface area contributed by atoms with Crippen LogP contribution in [0.4, 0.5) is 0 Å². The van der Waals surface area contributed by atoms with Crippen molar-refractivity contribution in [2.24, 2.45) is 11.3 Å². The van der Waals surface area contributed by atoms with Crippen LogP contribution < -0.4 is 0 Å². The van der Waals surface area contributed by atoms with E-state index < -0.39 is 64.4 Å². The fraction of sp³-hybridized carbons (Fsp3) is 0.417. The third-order valence-corrected chi connectivity index (χ3v) is 10.1. The van der Waals surface area contributed by atoms with Crippen molar-refractivity contribution in [2.75, 3.05) is 0 Å². The molecular formula is C36H38N2O8. The van der Waals surface area contributed by atoms with Gasteiger partial charge in [0.2, 0.25) is 0 Å². The molecule has 3 aromatic rings. The van der Waals surface area contributed by atoms with E-state index in [4.69, 9.17) is 18.9 Å². The molecule has 10 heteroatoms. The Morgan fingerprint density at radius 2 is 1.48 bits per heavy atom. The molecule has 240 valence electrons. The fourth-order valence-corrected chi connectivity index (χ4v) is 7.85. The summed E-state index contributed by atoms with van der Waals surface area (Å²) in [7, 11) is 0. The molecule has 3 fully saturated rings. The second-order valence-corrected chi connectivity index (χ2v) is 13.3. The molecule has 1 N–H and O–H groups in total. The van der Waals surface area contributed by atoms with Crippen LogP contribution in [0.2, 0.25) is 0 Å². The highest BCUT2D eigenvalue weighted by Gasteiger charge is 2.82. The van der Waals surface area contributed by atoms with Crippen molar-refractivity contribution in [1.29, 1.82) is 0 Å². The van der Waals surface area contributed by atoms with Gasteiger partial charge in [0.1, 0.15) is 23.9 Å². The van der Waals surface area contributed by atoms with E-state index >= 15 is 0 Å². The molecular weight excluding hydrogens is 588 g/mol. The molecule has 1 saturated heterocycles. The van der Waals surface area contributed by atoms with Gasteiger partial charge in [-0.1, -0.05) is 30.3 Å². The molecule has 2 bridgehead atoms. The number of ether oxygens (including phenoxy) is 4. The van der Waals surface area contributed by atoms with Crippen molar-refractivity contribution >= 4 is 24.0 Å². The van der Waals surface area contributed by atoms with Crippen LogP contribution in [0.15, 0.2) is 85.5 Å². The number of aromatic nitrogens is 2. The molecule has 7 atom stereocenters. The third kappa shape index (κ3) is 5.19. The summed E-state index contributed by atoms with van der Waals surface area (Å²) in [6.07, 6.45) is 6.80. The summed E-state index contributed by atoms with van der Waals surface area (Å²) in [6, 6.07) is 15.8. The Hall–Kier alpha value is -4.41. The predicted octanol–water partition coefficient (Wildman–Crippen LogP) is 4.97. The minimum Gasteiger partial charge on any atom is -0.458 e. The highest BCUT2D eigenvalue weighted by atomic mass is 16.6. The molecule has 7 unspecified atom stereocenters. The summed E-state index contributed by atoms with van der Waals surface area (Å²) in [5.41, 5.74) is -4.22. The van der Waals surface area contributed by atoms with Gasteiger partial charge >= 0.3 is 17.9 Å². The number of hydrogen-bond donors (Lipinski definition) is 1. The smallest absolute Gasteiger partial charge is 0.340 e. The number of nitrogens with zero attached hydrogens (tertiary/aromatic N) is 2. The Balaban J connectivity index is 1.44. The number of carbonyl (C=O) groups excluding carboxylic acids is 3. The van der Waals surface area contributed by atoms with Crippen LogP contribution in [-0.2, 0) is 23.7 Å². The largest absolute Gasteiger partial charge is 0.458 e. The lowest BCUT2D eigenvalue weighted by Crippen LogP contribution is -2.79. The highest BCUT2D eigenvalue weighted by molar-refractivity contribution is 5.90. The number of hydrogen-bond acceptors (Lipinski definition) is 10. The van der Waals surface area contributed by atoms with Gasteiger partial charge in [0.15, 0.2) is 0 Å². The van der Waals surface area contributed by atoms with E-state index in [1.54, 1.807) is 56.6 Å². The maximum absolute atomic E-state index is 13.6. The van der Waals surface area contributed by atoms with E-state index in [0.29, 0.717) is 0 Å². The second kappa shape index (κ2) is 11.7. The maximum atomic E-state index is 13.6. The average Bonchev–Trinajstić information content (AvgIpc) is 3.23. The van der Waals surface area contributed by atoms with Crippen LogP contribution in [0.3, 0.4) is 0 Å². The highest BCUT2D eigenvalue weighted by Crippen LogP contribution is 2.68. The van der Waals surface area contributed by atoms with Crippen LogP contribution in [0.25, 0.3) is 6.08 Å². The lowest BCUT2D eigenvalue weighted by atomic mass is 9.47. The molecule has 1 aromatic carbocycles. The number of benzene rings is 1. The maximum Gasteiger partial charge on any atom is 0.340 e. The zero-order valence-corrected chi connectivity index (χ0v) is 26.3. The van der Waals surface area contributed by atoms with Crippen molar-refractivity contribution in [3.63, 3.8) is 0 Å². The average molecular weight is 627 g/mol. The van der Waals surface area contributed by atoms with Gasteiger partial charge in [-0.25, -0.2) is 14.4 Å². The quantitative estimate of drug-likeness (QED) is 0.218. The van der Waals surface area contributed by atoms with Crippen LogP contribution >= 0.6 is 0 Å². The molecule has 0 radical (unpaired) electrons. The van der Waals surface area contributed by atoms with Crippen molar-refractivity contribution in [3.05, 3.63) is 102 Å². The molecule has 3 heterocycles. The Bertz CT molecular complexity index is 1630. The van der Waals surface area contributed by atoms with E-state index in [1.165, 1.54) is 18.5 Å². The van der Waals surface area contributed by atoms with Crippen molar-refractivity contribution in [2.45, 2.75) is 82.1 Å². The minimum absolute atomic E-state index is 0.159. The van der Waals surface area contributed by atoms with Gasteiger partial charge in [0.25, 0.3) is 0 Å². The molecule has 6 rings (SSSR count). The van der Waals surface area contributed by atoms with Crippen LogP contribution in [0.1, 0.15) is 73.2 Å². The van der Waals surface area contributed by atoms with Gasteiger partial charge in [-0.05, 0) is 82.9 Å². The Morgan fingerprint density at radius 3 is 2.09 bits per heavy atom. The Morgan fingerprint density at radius 1 is 0.848 bits per heavy atom. The first-order valence-corrected chi connectivity index (χ1v) is 15.5. The number of fused-ring (bicyclic) bond motifs is 1. The van der Waals surface area contributed by atoms with E-state index in [0.717, 1.165) is 5.56 Å². The van der Waals surface area contributed by atoms with Crippen molar-refractivity contribution in [3.8, 4) is 0 Å². The van der Waals surface area contributed by atoms with Gasteiger partial charge < -0.3 is 24.1 Å². The predicted molar refractivity (Wildman–Crippen MR) is 166 cm³/mol. The van der Waals surface area contributed by atoms with Gasteiger partial charge in [-0.15, -0.1) is 0 Å². The van der Waals surface area contributed by atoms with E-state index in [-0.39, 0.29) is 30.4 Å². The number of rotatable bonds is 7. The fourth-order valence-electron chi connectivity index (χ4n) is 7.85. The minimum atomic E-state index is -1.64. The number of pyridine rings is 2. The molecule has 3 aliphatic rings. The number of aliphatic hydroxyl groups is 1. The summed E-state index contributed by atoms with van der Waals surface area (Å²) < 4.78 is 25.7. The van der Waals surface area contributed by atoms with Crippen molar-refractivity contribution < 1.29 is 38.4 Å². The summed E-state index contributed by atoms with van der Waals surface area (Å²) in [4.78, 5) is 48.6.